The SMILES string of the molecule is COc1ccc(CNC(=O)N2CCC(N3C(=O)CNC3=O)CC2)cc1OC. The second kappa shape index (κ2) is 8.15. The van der Waals surface area contributed by atoms with Gasteiger partial charge in [-0.05, 0) is 30.5 Å². The third-order valence-electron chi connectivity index (χ3n) is 4.89. The molecule has 0 aromatic heterocycles. The fraction of sp³-hybridized carbons (Fsp3) is 0.500. The van der Waals surface area contributed by atoms with E-state index in [0.29, 0.717) is 44.0 Å². The van der Waals surface area contributed by atoms with Crippen molar-refractivity contribution in [3.8, 4) is 11.5 Å². The molecule has 5 amide bonds. The first-order valence-electron chi connectivity index (χ1n) is 8.87. The van der Waals surface area contributed by atoms with Crippen LogP contribution in [-0.4, -0.2) is 67.7 Å². The first-order valence-corrected chi connectivity index (χ1v) is 8.87. The molecule has 0 radical (unpaired) electrons. The maximum Gasteiger partial charge on any atom is 0.324 e. The number of amides is 5. The number of benzene rings is 1. The number of carbonyl (C=O) groups excluding carboxylic acids is 3. The van der Waals surface area contributed by atoms with E-state index in [1.807, 2.05) is 12.1 Å². The topological polar surface area (TPSA) is 100 Å². The zero-order valence-electron chi connectivity index (χ0n) is 15.5. The molecular formula is C18H24N4O5. The van der Waals surface area contributed by atoms with E-state index in [4.69, 9.17) is 9.47 Å². The third kappa shape index (κ3) is 4.07. The molecule has 0 spiro atoms. The van der Waals surface area contributed by atoms with Gasteiger partial charge in [-0.3, -0.25) is 9.69 Å². The monoisotopic (exact) mass is 376 g/mol. The molecule has 9 heteroatoms. The summed E-state index contributed by atoms with van der Waals surface area (Å²) in [6.45, 7) is 1.43. The van der Waals surface area contributed by atoms with Crippen molar-refractivity contribution >= 4 is 18.0 Å². The summed E-state index contributed by atoms with van der Waals surface area (Å²) in [5.74, 6) is 1.05. The average molecular weight is 376 g/mol. The van der Waals surface area contributed by atoms with E-state index >= 15 is 0 Å². The van der Waals surface area contributed by atoms with Crippen LogP contribution in [0.15, 0.2) is 18.2 Å². The van der Waals surface area contributed by atoms with Crippen LogP contribution in [0, 0.1) is 0 Å². The number of ether oxygens (including phenoxy) is 2. The number of nitrogens with zero attached hydrogens (tertiary/aromatic N) is 2. The van der Waals surface area contributed by atoms with Gasteiger partial charge in [0.2, 0.25) is 5.91 Å². The number of rotatable bonds is 5. The minimum atomic E-state index is -0.337. The van der Waals surface area contributed by atoms with Crippen LogP contribution < -0.4 is 20.1 Å². The van der Waals surface area contributed by atoms with Crippen LogP contribution >= 0.6 is 0 Å². The fourth-order valence-electron chi connectivity index (χ4n) is 3.41. The molecule has 2 N–H and O–H groups in total. The molecule has 0 aliphatic carbocycles. The summed E-state index contributed by atoms with van der Waals surface area (Å²) >= 11 is 0. The highest BCUT2D eigenvalue weighted by atomic mass is 16.5. The highest BCUT2D eigenvalue weighted by Gasteiger charge is 2.37. The van der Waals surface area contributed by atoms with Crippen molar-refractivity contribution in [3.63, 3.8) is 0 Å². The van der Waals surface area contributed by atoms with Crippen molar-refractivity contribution in [2.75, 3.05) is 33.9 Å². The number of hydrogen-bond acceptors (Lipinski definition) is 5. The normalized spacial score (nSPS) is 17.7. The Kier molecular flexibility index (Phi) is 5.68. The van der Waals surface area contributed by atoms with Crippen LogP contribution in [0.1, 0.15) is 18.4 Å². The molecule has 2 aliphatic heterocycles. The summed E-state index contributed by atoms with van der Waals surface area (Å²) in [6, 6.07) is 4.84. The molecule has 2 saturated heterocycles. The lowest BCUT2D eigenvalue weighted by molar-refractivity contribution is -0.127. The molecule has 0 unspecified atom stereocenters. The number of hydrogen-bond donors (Lipinski definition) is 2. The minimum absolute atomic E-state index is 0.0604. The van der Waals surface area contributed by atoms with Crippen LogP contribution in [0.2, 0.25) is 0 Å². The molecule has 0 saturated carbocycles. The first-order chi connectivity index (χ1) is 13.0. The number of imide groups is 1. The van der Waals surface area contributed by atoms with E-state index in [1.165, 1.54) is 4.90 Å². The number of urea groups is 2. The van der Waals surface area contributed by atoms with Gasteiger partial charge in [-0.1, -0.05) is 6.07 Å². The zero-order valence-corrected chi connectivity index (χ0v) is 15.5. The number of piperidine rings is 1. The van der Waals surface area contributed by atoms with Gasteiger partial charge in [0.05, 0.1) is 20.8 Å². The highest BCUT2D eigenvalue weighted by Crippen LogP contribution is 2.27. The van der Waals surface area contributed by atoms with E-state index in [1.54, 1.807) is 25.2 Å². The van der Waals surface area contributed by atoms with Gasteiger partial charge in [-0.2, -0.15) is 0 Å². The molecule has 2 aliphatic rings. The van der Waals surface area contributed by atoms with E-state index in [9.17, 15) is 14.4 Å². The number of nitrogens with one attached hydrogen (secondary N) is 2. The van der Waals surface area contributed by atoms with Crippen LogP contribution in [0.25, 0.3) is 0 Å². The van der Waals surface area contributed by atoms with Gasteiger partial charge in [0, 0.05) is 25.7 Å². The Labute approximate surface area is 157 Å². The van der Waals surface area contributed by atoms with Gasteiger partial charge in [0.15, 0.2) is 11.5 Å². The molecule has 2 heterocycles. The lowest BCUT2D eigenvalue weighted by Gasteiger charge is -2.35. The molecular weight excluding hydrogens is 352 g/mol. The Morgan fingerprint density at radius 3 is 2.48 bits per heavy atom. The van der Waals surface area contributed by atoms with E-state index in [0.717, 1.165) is 5.56 Å². The molecule has 0 atom stereocenters. The largest absolute Gasteiger partial charge is 0.493 e. The van der Waals surface area contributed by atoms with Gasteiger partial charge in [-0.25, -0.2) is 9.59 Å². The smallest absolute Gasteiger partial charge is 0.324 e. The standard InChI is InChI=1S/C18H24N4O5/c1-26-14-4-3-12(9-15(14)27-2)10-19-17(24)21-7-5-13(6-8-21)22-16(23)11-20-18(22)25/h3-4,9,13H,5-8,10-11H2,1-2H3,(H,19,24)(H,20,25). The average Bonchev–Trinajstić information content (AvgIpc) is 3.04. The van der Waals surface area contributed by atoms with Crippen molar-refractivity contribution in [2.45, 2.75) is 25.4 Å². The van der Waals surface area contributed by atoms with Crippen LogP contribution in [0.5, 0.6) is 11.5 Å². The maximum atomic E-state index is 12.4. The number of likely N-dealkylation sites (tertiary alicyclic amines) is 1. The molecule has 2 fully saturated rings. The Balaban J connectivity index is 1.50. The Morgan fingerprint density at radius 2 is 1.89 bits per heavy atom. The Bertz CT molecular complexity index is 714. The van der Waals surface area contributed by atoms with Crippen molar-refractivity contribution in [1.82, 2.24) is 20.4 Å². The lowest BCUT2D eigenvalue weighted by atomic mass is 10.0. The van der Waals surface area contributed by atoms with Crippen LogP contribution in [-0.2, 0) is 11.3 Å². The summed E-state index contributed by atoms with van der Waals surface area (Å²) in [7, 11) is 3.14. The second-order valence-electron chi connectivity index (χ2n) is 6.49. The third-order valence-corrected chi connectivity index (χ3v) is 4.89. The molecule has 146 valence electrons. The summed E-state index contributed by atoms with van der Waals surface area (Å²) in [5.41, 5.74) is 0.898. The molecule has 1 aromatic rings. The van der Waals surface area contributed by atoms with Crippen molar-refractivity contribution in [3.05, 3.63) is 23.8 Å². The Hall–Kier alpha value is -2.97. The molecule has 1 aromatic carbocycles. The quantitative estimate of drug-likeness (QED) is 0.745. The predicted octanol–water partition coefficient (Wildman–Crippen LogP) is 0.930. The lowest BCUT2D eigenvalue weighted by Crippen LogP contribution is -2.51. The van der Waals surface area contributed by atoms with Crippen molar-refractivity contribution < 1.29 is 23.9 Å². The predicted molar refractivity (Wildman–Crippen MR) is 96.6 cm³/mol. The van der Waals surface area contributed by atoms with Crippen molar-refractivity contribution in [1.29, 1.82) is 0 Å². The van der Waals surface area contributed by atoms with Gasteiger partial charge in [0.1, 0.15) is 0 Å². The van der Waals surface area contributed by atoms with E-state index in [-0.39, 0.29) is 30.6 Å². The minimum Gasteiger partial charge on any atom is -0.493 e. The summed E-state index contributed by atoms with van der Waals surface area (Å²) in [6.07, 6.45) is 1.17. The molecule has 27 heavy (non-hydrogen) atoms. The zero-order chi connectivity index (χ0) is 19.4. The summed E-state index contributed by atoms with van der Waals surface area (Å²) in [5, 5.41) is 5.42. The van der Waals surface area contributed by atoms with Crippen molar-refractivity contribution in [2.24, 2.45) is 0 Å². The van der Waals surface area contributed by atoms with Crippen LogP contribution in [0.4, 0.5) is 9.59 Å². The van der Waals surface area contributed by atoms with E-state index < -0.39 is 0 Å². The Morgan fingerprint density at radius 1 is 1.19 bits per heavy atom. The molecule has 3 rings (SSSR count). The van der Waals surface area contributed by atoms with E-state index in [2.05, 4.69) is 10.6 Å². The number of carbonyl (C=O) groups is 3. The fourth-order valence-corrected chi connectivity index (χ4v) is 3.41. The van der Waals surface area contributed by atoms with Crippen LogP contribution in [0.3, 0.4) is 0 Å². The van der Waals surface area contributed by atoms with Gasteiger partial charge in [-0.15, -0.1) is 0 Å². The second-order valence-corrected chi connectivity index (χ2v) is 6.49. The first kappa shape index (κ1) is 18.8. The summed E-state index contributed by atoms with van der Waals surface area (Å²) in [4.78, 5) is 38.9. The van der Waals surface area contributed by atoms with Gasteiger partial charge in [0.25, 0.3) is 0 Å². The van der Waals surface area contributed by atoms with Gasteiger partial charge < -0.3 is 25.0 Å². The van der Waals surface area contributed by atoms with Gasteiger partial charge >= 0.3 is 12.1 Å². The molecule has 9 nitrogen and oxygen atoms in total. The highest BCUT2D eigenvalue weighted by molar-refractivity contribution is 6.02. The molecule has 0 bridgehead atoms. The maximum absolute atomic E-state index is 12.4. The summed E-state index contributed by atoms with van der Waals surface area (Å²) < 4.78 is 10.5. The number of methoxy groups -OCH3 is 2.